The summed E-state index contributed by atoms with van der Waals surface area (Å²) in [5.74, 6) is -1.08. The van der Waals surface area contributed by atoms with Gasteiger partial charge in [-0.05, 0) is 38.3 Å². The maximum Gasteiger partial charge on any atom is 0.509 e. The Labute approximate surface area is 218 Å². The Hall–Kier alpha value is -2.42. The summed E-state index contributed by atoms with van der Waals surface area (Å²) < 4.78 is 29.8. The van der Waals surface area contributed by atoms with Gasteiger partial charge in [-0.3, -0.25) is 0 Å². The van der Waals surface area contributed by atoms with Crippen molar-refractivity contribution in [3.63, 3.8) is 0 Å². The van der Waals surface area contributed by atoms with Gasteiger partial charge in [0, 0.05) is 36.2 Å². The molecule has 1 heterocycles. The van der Waals surface area contributed by atoms with Gasteiger partial charge in [0.1, 0.15) is 12.9 Å². The third-order valence-electron chi connectivity index (χ3n) is 9.66. The van der Waals surface area contributed by atoms with Crippen molar-refractivity contribution in [3.8, 4) is 0 Å². The van der Waals surface area contributed by atoms with Gasteiger partial charge in [-0.15, -0.1) is 0 Å². The zero-order valence-electron chi connectivity index (χ0n) is 22.3. The van der Waals surface area contributed by atoms with Crippen LogP contribution < -0.4 is 0 Å². The van der Waals surface area contributed by atoms with Gasteiger partial charge in [-0.2, -0.15) is 0 Å². The van der Waals surface area contributed by atoms with Crippen LogP contribution in [0, 0.1) is 22.7 Å². The number of esters is 1. The fourth-order valence-electron chi connectivity index (χ4n) is 7.92. The largest absolute Gasteiger partial charge is 0.509 e. The Morgan fingerprint density at radius 1 is 1.16 bits per heavy atom. The lowest BCUT2D eigenvalue weighted by molar-refractivity contribution is -0.235. The average Bonchev–Trinajstić information content (AvgIpc) is 3.18. The highest BCUT2D eigenvalue weighted by Crippen LogP contribution is 2.64. The summed E-state index contributed by atoms with van der Waals surface area (Å²) in [6, 6.07) is 8.90. The molecule has 8 atom stereocenters. The fraction of sp³-hybridized carbons (Fsp3) is 0.655. The van der Waals surface area contributed by atoms with E-state index in [1.807, 2.05) is 19.9 Å². The molecule has 1 aliphatic heterocycles. The number of aliphatic hydroxyl groups is 1. The molecule has 2 bridgehead atoms. The minimum Gasteiger partial charge on any atom is -0.458 e. The monoisotopic (exact) mass is 514 g/mol. The van der Waals surface area contributed by atoms with E-state index in [2.05, 4.69) is 19.9 Å². The van der Waals surface area contributed by atoms with Crippen LogP contribution in [0.5, 0.6) is 0 Å². The molecule has 2 saturated carbocycles. The highest BCUT2D eigenvalue weighted by Gasteiger charge is 2.72. The molecule has 1 N–H and O–H groups in total. The number of ether oxygens (including phenoxy) is 5. The van der Waals surface area contributed by atoms with E-state index in [1.54, 1.807) is 31.4 Å². The van der Waals surface area contributed by atoms with Gasteiger partial charge >= 0.3 is 12.1 Å². The van der Waals surface area contributed by atoms with Crippen LogP contribution in [0.1, 0.15) is 63.7 Å². The summed E-state index contributed by atoms with van der Waals surface area (Å²) in [6.45, 7) is 8.23. The highest BCUT2D eigenvalue weighted by molar-refractivity contribution is 5.89. The second kappa shape index (κ2) is 9.40. The van der Waals surface area contributed by atoms with E-state index in [0.29, 0.717) is 31.2 Å². The number of aliphatic hydroxyl groups excluding tert-OH is 1. The van der Waals surface area contributed by atoms with Crippen LogP contribution in [0.25, 0.3) is 0 Å². The van der Waals surface area contributed by atoms with Crippen molar-refractivity contribution in [2.75, 3.05) is 13.9 Å². The zero-order chi connectivity index (χ0) is 26.6. The summed E-state index contributed by atoms with van der Waals surface area (Å²) in [6.07, 6.45) is 1.03. The molecule has 1 aromatic carbocycles. The zero-order valence-corrected chi connectivity index (χ0v) is 22.3. The average molecular weight is 515 g/mol. The van der Waals surface area contributed by atoms with Gasteiger partial charge in [0.15, 0.2) is 11.7 Å². The molecule has 1 unspecified atom stereocenters. The van der Waals surface area contributed by atoms with E-state index in [-0.39, 0.29) is 18.8 Å². The SMILES string of the molecule is COCO[C@H]1CC[C@H](OC(=O)c2ccccc2)[C@@]2(C)CC(O)[C@H]3C(C)=CC[C@]4(OC(=O)O[C@H]4[C@H]12)C3(C)C. The predicted molar refractivity (Wildman–Crippen MR) is 134 cm³/mol. The summed E-state index contributed by atoms with van der Waals surface area (Å²) in [4.78, 5) is 26.0. The van der Waals surface area contributed by atoms with Crippen molar-refractivity contribution >= 4 is 12.1 Å². The summed E-state index contributed by atoms with van der Waals surface area (Å²) in [5, 5.41) is 11.8. The van der Waals surface area contributed by atoms with Gasteiger partial charge in [-0.1, -0.05) is 50.6 Å². The van der Waals surface area contributed by atoms with E-state index < -0.39 is 52.8 Å². The molecule has 0 amide bonds. The molecule has 3 aliphatic carbocycles. The standard InChI is InChI=1S/C29H38O8/c1-17-13-14-29-24(36-26(32)37-29)23-20(34-16-33-5)11-12-21(35-25(31)18-9-7-6-8-10-18)28(23,4)15-19(30)22(17)27(29,2)3/h6-10,13,19-24,30H,11-12,14-16H2,1-5H3/t19?,20-,21-,22+,23-,24-,28+,29+/m0/s1. The maximum absolute atomic E-state index is 13.2. The van der Waals surface area contributed by atoms with Gasteiger partial charge in [-0.25, -0.2) is 9.59 Å². The number of methoxy groups -OCH3 is 1. The number of hydrogen-bond donors (Lipinski definition) is 1. The molecule has 3 fully saturated rings. The highest BCUT2D eigenvalue weighted by atomic mass is 16.8. The predicted octanol–water partition coefficient (Wildman–Crippen LogP) is 4.65. The van der Waals surface area contributed by atoms with Crippen LogP contribution in [0.3, 0.4) is 0 Å². The van der Waals surface area contributed by atoms with E-state index in [9.17, 15) is 14.7 Å². The van der Waals surface area contributed by atoms with Crippen molar-refractivity contribution in [1.82, 2.24) is 0 Å². The van der Waals surface area contributed by atoms with E-state index in [0.717, 1.165) is 5.57 Å². The molecule has 8 nitrogen and oxygen atoms in total. The molecule has 37 heavy (non-hydrogen) atoms. The Morgan fingerprint density at radius 3 is 2.59 bits per heavy atom. The summed E-state index contributed by atoms with van der Waals surface area (Å²) in [5.41, 5.74) is -0.843. The van der Waals surface area contributed by atoms with Crippen molar-refractivity contribution in [2.45, 2.75) is 83.4 Å². The third kappa shape index (κ3) is 3.99. The number of carbonyl (C=O) groups excluding carboxylic acids is 2. The van der Waals surface area contributed by atoms with E-state index in [4.69, 9.17) is 23.7 Å². The van der Waals surface area contributed by atoms with Crippen LogP contribution in [-0.2, 0) is 23.7 Å². The minimum absolute atomic E-state index is 0.0772. The lowest BCUT2D eigenvalue weighted by atomic mass is 9.47. The minimum atomic E-state index is -0.998. The molecule has 1 spiro atoms. The Balaban J connectivity index is 1.62. The first kappa shape index (κ1) is 26.2. The van der Waals surface area contributed by atoms with E-state index >= 15 is 0 Å². The molecular formula is C29H38O8. The number of rotatable bonds is 5. The summed E-state index contributed by atoms with van der Waals surface area (Å²) in [7, 11) is 1.57. The van der Waals surface area contributed by atoms with E-state index in [1.165, 1.54) is 0 Å². The number of carbonyl (C=O) groups is 2. The number of hydrogen-bond acceptors (Lipinski definition) is 8. The Kier molecular flexibility index (Phi) is 6.66. The second-order valence-electron chi connectivity index (χ2n) is 11.9. The Morgan fingerprint density at radius 2 is 1.89 bits per heavy atom. The Bertz CT molecular complexity index is 1070. The molecule has 5 rings (SSSR count). The molecule has 1 aromatic rings. The van der Waals surface area contributed by atoms with Crippen molar-refractivity contribution in [1.29, 1.82) is 0 Å². The number of benzene rings is 1. The van der Waals surface area contributed by atoms with Crippen LogP contribution in [0.2, 0.25) is 0 Å². The normalized spacial score (nSPS) is 40.2. The van der Waals surface area contributed by atoms with Crippen LogP contribution >= 0.6 is 0 Å². The first-order chi connectivity index (χ1) is 17.5. The van der Waals surface area contributed by atoms with Crippen molar-refractivity contribution in [2.24, 2.45) is 22.7 Å². The fourth-order valence-corrected chi connectivity index (χ4v) is 7.92. The molecule has 4 aliphatic rings. The van der Waals surface area contributed by atoms with Gasteiger partial charge in [0.05, 0.1) is 17.8 Å². The topological polar surface area (TPSA) is 101 Å². The summed E-state index contributed by atoms with van der Waals surface area (Å²) >= 11 is 0. The molecule has 1 saturated heterocycles. The molecule has 0 radical (unpaired) electrons. The van der Waals surface area contributed by atoms with Crippen LogP contribution in [-0.4, -0.2) is 61.2 Å². The quantitative estimate of drug-likeness (QED) is 0.344. The molecule has 8 heteroatoms. The molecule has 202 valence electrons. The number of fused-ring (bicyclic) bond motifs is 3. The van der Waals surface area contributed by atoms with Crippen molar-refractivity contribution < 1.29 is 38.4 Å². The third-order valence-corrected chi connectivity index (χ3v) is 9.66. The first-order valence-electron chi connectivity index (χ1n) is 13.2. The van der Waals surface area contributed by atoms with Crippen LogP contribution in [0.15, 0.2) is 42.0 Å². The van der Waals surface area contributed by atoms with Gasteiger partial charge < -0.3 is 28.8 Å². The lowest BCUT2D eigenvalue weighted by Gasteiger charge is -2.61. The van der Waals surface area contributed by atoms with Crippen molar-refractivity contribution in [3.05, 3.63) is 47.5 Å². The molecular weight excluding hydrogens is 476 g/mol. The van der Waals surface area contributed by atoms with Gasteiger partial charge in [0.2, 0.25) is 0 Å². The first-order valence-corrected chi connectivity index (χ1v) is 13.2. The second-order valence-corrected chi connectivity index (χ2v) is 11.9. The van der Waals surface area contributed by atoms with Gasteiger partial charge in [0.25, 0.3) is 0 Å². The molecule has 0 aromatic heterocycles. The smallest absolute Gasteiger partial charge is 0.458 e. The lowest BCUT2D eigenvalue weighted by Crippen LogP contribution is -2.69. The maximum atomic E-state index is 13.2. The van der Waals surface area contributed by atoms with Crippen LogP contribution in [0.4, 0.5) is 4.79 Å².